The number of nitrogen functional groups attached to an aromatic ring is 1. The Hall–Kier alpha value is -2.09. The van der Waals surface area contributed by atoms with Gasteiger partial charge in [0.05, 0.1) is 12.8 Å². The minimum absolute atomic E-state index is 0.202. The predicted molar refractivity (Wildman–Crippen MR) is 76.0 cm³/mol. The Morgan fingerprint density at radius 3 is 2.90 bits per heavy atom. The molecule has 0 bridgehead atoms. The molecule has 0 atom stereocenters. The predicted octanol–water partition coefficient (Wildman–Crippen LogP) is 1.45. The maximum absolute atomic E-state index is 11.7. The number of nitrogens with zero attached hydrogens (tertiary/aromatic N) is 4. The SMILES string of the molecule is CCOC(=O)c1cnn(-c2cc(C)nc(SC)n2)c1N. The number of ether oxygens (including phenoxy) is 1. The lowest BCUT2D eigenvalue weighted by molar-refractivity contribution is 0.0527. The number of thioether (sulfide) groups is 1. The second-order valence-electron chi connectivity index (χ2n) is 3.93. The number of aromatic nitrogens is 4. The lowest BCUT2D eigenvalue weighted by atomic mass is 10.3. The van der Waals surface area contributed by atoms with Gasteiger partial charge in [0.1, 0.15) is 11.4 Å². The molecule has 106 valence electrons. The van der Waals surface area contributed by atoms with Gasteiger partial charge in [-0.25, -0.2) is 14.8 Å². The summed E-state index contributed by atoms with van der Waals surface area (Å²) in [6, 6.07) is 1.75. The largest absolute Gasteiger partial charge is 0.462 e. The summed E-state index contributed by atoms with van der Waals surface area (Å²) in [7, 11) is 0. The zero-order chi connectivity index (χ0) is 14.7. The van der Waals surface area contributed by atoms with Gasteiger partial charge in [0.25, 0.3) is 0 Å². The smallest absolute Gasteiger partial charge is 0.343 e. The number of aryl methyl sites for hydroxylation is 1. The molecule has 0 aliphatic heterocycles. The molecule has 0 unspecified atom stereocenters. The molecule has 2 N–H and O–H groups in total. The molecule has 0 amide bonds. The van der Waals surface area contributed by atoms with E-state index in [9.17, 15) is 4.79 Å². The number of esters is 1. The standard InChI is InChI=1S/C12H15N5O2S/c1-4-19-11(18)8-6-14-17(10(8)13)9-5-7(2)15-12(16-9)20-3/h5-6H,4,13H2,1-3H3. The number of hydrogen-bond acceptors (Lipinski definition) is 7. The number of carbonyl (C=O) groups excluding carboxylic acids is 1. The first-order valence-electron chi connectivity index (χ1n) is 5.97. The zero-order valence-corrected chi connectivity index (χ0v) is 12.3. The van der Waals surface area contributed by atoms with Crippen LogP contribution in [0.1, 0.15) is 23.0 Å². The lowest BCUT2D eigenvalue weighted by Gasteiger charge is -2.06. The fraction of sp³-hybridized carbons (Fsp3) is 0.333. The molecule has 0 radical (unpaired) electrons. The monoisotopic (exact) mass is 293 g/mol. The lowest BCUT2D eigenvalue weighted by Crippen LogP contribution is -2.10. The van der Waals surface area contributed by atoms with Crippen LogP contribution in [0.2, 0.25) is 0 Å². The highest BCUT2D eigenvalue weighted by atomic mass is 32.2. The summed E-state index contributed by atoms with van der Waals surface area (Å²) in [6.07, 6.45) is 3.26. The van der Waals surface area contributed by atoms with Crippen molar-refractivity contribution in [3.63, 3.8) is 0 Å². The molecule has 0 saturated heterocycles. The molecular formula is C12H15N5O2S. The van der Waals surface area contributed by atoms with Crippen LogP contribution in [0.25, 0.3) is 5.82 Å². The van der Waals surface area contributed by atoms with E-state index < -0.39 is 5.97 Å². The van der Waals surface area contributed by atoms with Gasteiger partial charge in [0.2, 0.25) is 0 Å². The molecule has 2 aromatic heterocycles. The summed E-state index contributed by atoms with van der Waals surface area (Å²) in [6.45, 7) is 3.88. The van der Waals surface area contributed by atoms with Crippen molar-refractivity contribution >= 4 is 23.5 Å². The van der Waals surface area contributed by atoms with E-state index in [0.717, 1.165) is 5.69 Å². The summed E-state index contributed by atoms with van der Waals surface area (Å²) in [5.41, 5.74) is 6.97. The van der Waals surface area contributed by atoms with Crippen LogP contribution < -0.4 is 5.73 Å². The molecule has 0 spiro atoms. The molecule has 2 rings (SSSR count). The van der Waals surface area contributed by atoms with E-state index in [4.69, 9.17) is 10.5 Å². The topological polar surface area (TPSA) is 95.9 Å². The second-order valence-corrected chi connectivity index (χ2v) is 4.70. The first-order valence-corrected chi connectivity index (χ1v) is 7.20. The fourth-order valence-electron chi connectivity index (χ4n) is 1.63. The molecule has 2 heterocycles. The molecule has 0 aromatic carbocycles. The minimum atomic E-state index is -0.493. The van der Waals surface area contributed by atoms with Gasteiger partial charge in [-0.2, -0.15) is 9.78 Å². The van der Waals surface area contributed by atoms with Crippen molar-refractivity contribution < 1.29 is 9.53 Å². The quantitative estimate of drug-likeness (QED) is 0.517. The van der Waals surface area contributed by atoms with E-state index in [1.165, 1.54) is 22.6 Å². The molecule has 0 fully saturated rings. The molecule has 2 aromatic rings. The van der Waals surface area contributed by atoms with Crippen molar-refractivity contribution in [3.05, 3.63) is 23.5 Å². The molecule has 7 nitrogen and oxygen atoms in total. The molecule has 20 heavy (non-hydrogen) atoms. The normalized spacial score (nSPS) is 10.6. The zero-order valence-electron chi connectivity index (χ0n) is 11.5. The molecule has 8 heteroatoms. The summed E-state index contributed by atoms with van der Waals surface area (Å²) in [5, 5.41) is 4.72. The van der Waals surface area contributed by atoms with E-state index >= 15 is 0 Å². The van der Waals surface area contributed by atoms with Gasteiger partial charge >= 0.3 is 5.97 Å². The molecular weight excluding hydrogens is 278 g/mol. The fourth-order valence-corrected chi connectivity index (χ4v) is 2.05. The van der Waals surface area contributed by atoms with Gasteiger partial charge in [-0.15, -0.1) is 0 Å². The van der Waals surface area contributed by atoms with Crippen LogP contribution in [0.15, 0.2) is 17.4 Å². The number of nitrogens with two attached hydrogens (primary N) is 1. The van der Waals surface area contributed by atoms with Gasteiger partial charge in [-0.3, -0.25) is 0 Å². The highest BCUT2D eigenvalue weighted by molar-refractivity contribution is 7.98. The van der Waals surface area contributed by atoms with Crippen LogP contribution in [0, 0.1) is 6.92 Å². The highest BCUT2D eigenvalue weighted by Gasteiger charge is 2.18. The van der Waals surface area contributed by atoms with E-state index in [1.54, 1.807) is 13.0 Å². The van der Waals surface area contributed by atoms with Gasteiger partial charge in [0, 0.05) is 11.8 Å². The Morgan fingerprint density at radius 2 is 2.25 bits per heavy atom. The summed E-state index contributed by atoms with van der Waals surface area (Å²) in [5.74, 6) is 0.232. The number of hydrogen-bond donors (Lipinski definition) is 1. The summed E-state index contributed by atoms with van der Waals surface area (Å²) >= 11 is 1.42. The van der Waals surface area contributed by atoms with Crippen molar-refractivity contribution in [2.75, 3.05) is 18.6 Å². The van der Waals surface area contributed by atoms with Crippen LogP contribution in [-0.4, -0.2) is 38.6 Å². The Balaban J connectivity index is 2.44. The highest BCUT2D eigenvalue weighted by Crippen LogP contribution is 2.19. The third-order valence-corrected chi connectivity index (χ3v) is 3.07. The summed E-state index contributed by atoms with van der Waals surface area (Å²) in [4.78, 5) is 20.3. The average molecular weight is 293 g/mol. The van der Waals surface area contributed by atoms with E-state index in [2.05, 4.69) is 15.1 Å². The second kappa shape index (κ2) is 5.91. The third kappa shape index (κ3) is 2.74. The van der Waals surface area contributed by atoms with Crippen molar-refractivity contribution in [2.24, 2.45) is 0 Å². The average Bonchev–Trinajstić information content (AvgIpc) is 2.80. The van der Waals surface area contributed by atoms with Gasteiger partial charge < -0.3 is 10.5 Å². The Kier molecular flexibility index (Phi) is 4.23. The van der Waals surface area contributed by atoms with Crippen molar-refractivity contribution in [2.45, 2.75) is 19.0 Å². The van der Waals surface area contributed by atoms with Crippen LogP contribution in [0.5, 0.6) is 0 Å². The van der Waals surface area contributed by atoms with E-state index in [0.29, 0.717) is 11.0 Å². The van der Waals surface area contributed by atoms with Crippen LogP contribution in [0.4, 0.5) is 5.82 Å². The third-order valence-electron chi connectivity index (χ3n) is 2.52. The van der Waals surface area contributed by atoms with Gasteiger partial charge in [-0.1, -0.05) is 11.8 Å². The van der Waals surface area contributed by atoms with Gasteiger partial charge in [-0.05, 0) is 20.1 Å². The first-order chi connectivity index (χ1) is 9.56. The maximum Gasteiger partial charge on any atom is 0.343 e. The van der Waals surface area contributed by atoms with Crippen LogP contribution in [-0.2, 0) is 4.74 Å². The van der Waals surface area contributed by atoms with Crippen molar-refractivity contribution in [1.82, 2.24) is 19.7 Å². The van der Waals surface area contributed by atoms with E-state index in [-0.39, 0.29) is 18.0 Å². The van der Waals surface area contributed by atoms with Crippen molar-refractivity contribution in [1.29, 1.82) is 0 Å². The Bertz CT molecular complexity index is 641. The van der Waals surface area contributed by atoms with Crippen molar-refractivity contribution in [3.8, 4) is 5.82 Å². The number of anilines is 1. The summed E-state index contributed by atoms with van der Waals surface area (Å²) < 4.78 is 6.32. The number of rotatable bonds is 4. The Labute approximate surface area is 120 Å². The maximum atomic E-state index is 11.7. The Morgan fingerprint density at radius 1 is 1.50 bits per heavy atom. The molecule has 0 aliphatic rings. The first kappa shape index (κ1) is 14.3. The minimum Gasteiger partial charge on any atom is -0.462 e. The van der Waals surface area contributed by atoms with E-state index in [1.807, 2.05) is 13.2 Å². The van der Waals surface area contributed by atoms with Crippen LogP contribution in [0.3, 0.4) is 0 Å². The molecule has 0 saturated carbocycles. The number of carbonyl (C=O) groups is 1. The van der Waals surface area contributed by atoms with Gasteiger partial charge in [0.15, 0.2) is 11.0 Å². The molecule has 0 aliphatic carbocycles. The van der Waals surface area contributed by atoms with Crippen LogP contribution >= 0.6 is 11.8 Å².